The molecule has 0 aliphatic carbocycles. The van der Waals surface area contributed by atoms with Crippen molar-refractivity contribution in [1.82, 2.24) is 4.57 Å². The molecule has 0 aliphatic rings. The molecule has 0 fully saturated rings. The van der Waals surface area contributed by atoms with E-state index in [0.29, 0.717) is 5.75 Å². The number of nitrogens with zero attached hydrogens (tertiary/aromatic N) is 1. The fourth-order valence-corrected chi connectivity index (χ4v) is 2.15. The van der Waals surface area contributed by atoms with Crippen LogP contribution in [0.5, 0.6) is 5.75 Å². The minimum atomic E-state index is 0.312. The summed E-state index contributed by atoms with van der Waals surface area (Å²) in [6, 6.07) is 7.68. The van der Waals surface area contributed by atoms with Gasteiger partial charge in [-0.3, -0.25) is 0 Å². The monoisotopic (exact) mass is 274 g/mol. The fourth-order valence-electron chi connectivity index (χ4n) is 2.15. The second-order valence-electron chi connectivity index (χ2n) is 4.98. The Kier molecular flexibility index (Phi) is 4.69. The molecule has 0 unspecified atom stereocenters. The number of phenolic OH excluding ortho intramolecular Hbond substituents is 1. The van der Waals surface area contributed by atoms with Crippen molar-refractivity contribution in [1.29, 1.82) is 0 Å². The number of benzene rings is 1. The van der Waals surface area contributed by atoms with Crippen molar-refractivity contribution in [2.24, 2.45) is 0 Å². The van der Waals surface area contributed by atoms with E-state index in [1.54, 1.807) is 13.2 Å². The van der Waals surface area contributed by atoms with E-state index in [-0.39, 0.29) is 0 Å². The molecular weight excluding hydrogens is 252 g/mol. The van der Waals surface area contributed by atoms with Gasteiger partial charge in [-0.25, -0.2) is 0 Å². The van der Waals surface area contributed by atoms with Gasteiger partial charge in [-0.15, -0.1) is 0 Å². The molecule has 0 amide bonds. The van der Waals surface area contributed by atoms with Gasteiger partial charge in [0.1, 0.15) is 5.75 Å². The van der Waals surface area contributed by atoms with Gasteiger partial charge in [-0.1, -0.05) is 6.07 Å². The highest BCUT2D eigenvalue weighted by molar-refractivity contribution is 5.64. The van der Waals surface area contributed by atoms with E-state index >= 15 is 0 Å². The Hall–Kier alpha value is -1.94. The molecule has 0 spiro atoms. The molecule has 0 atom stereocenters. The first kappa shape index (κ1) is 14.5. The van der Waals surface area contributed by atoms with Crippen molar-refractivity contribution in [3.8, 4) is 5.75 Å². The minimum absolute atomic E-state index is 0.312. The number of hydrogen-bond acceptors (Lipinski definition) is 3. The second-order valence-corrected chi connectivity index (χ2v) is 4.98. The van der Waals surface area contributed by atoms with Crippen LogP contribution in [0.15, 0.2) is 30.5 Å². The van der Waals surface area contributed by atoms with Crippen LogP contribution in [-0.4, -0.2) is 23.4 Å². The smallest absolute Gasteiger partial charge is 0.120 e. The first-order valence-electron chi connectivity index (χ1n) is 6.83. The third-order valence-electron chi connectivity index (χ3n) is 3.48. The van der Waals surface area contributed by atoms with Crippen LogP contribution in [0.1, 0.15) is 17.7 Å². The Morgan fingerprint density at radius 3 is 2.75 bits per heavy atom. The maximum Gasteiger partial charge on any atom is 0.120 e. The Balaban J connectivity index is 2.07. The first-order chi connectivity index (χ1) is 9.61. The van der Waals surface area contributed by atoms with E-state index in [9.17, 15) is 5.11 Å². The van der Waals surface area contributed by atoms with Crippen molar-refractivity contribution in [2.45, 2.75) is 26.8 Å². The number of aromatic nitrogens is 1. The van der Waals surface area contributed by atoms with Gasteiger partial charge in [0.25, 0.3) is 0 Å². The summed E-state index contributed by atoms with van der Waals surface area (Å²) >= 11 is 0. The third-order valence-corrected chi connectivity index (χ3v) is 3.48. The quantitative estimate of drug-likeness (QED) is 0.791. The molecule has 2 aromatic rings. The molecule has 20 heavy (non-hydrogen) atoms. The van der Waals surface area contributed by atoms with E-state index < -0.39 is 0 Å². The molecule has 0 saturated carbocycles. The van der Waals surface area contributed by atoms with Gasteiger partial charge < -0.3 is 19.7 Å². The normalized spacial score (nSPS) is 10.8. The average Bonchev–Trinajstić information content (AvgIpc) is 2.76. The summed E-state index contributed by atoms with van der Waals surface area (Å²) in [6.45, 7) is 5.69. The molecule has 1 heterocycles. The topological polar surface area (TPSA) is 46.4 Å². The molecule has 4 heteroatoms. The van der Waals surface area contributed by atoms with Crippen molar-refractivity contribution in [3.05, 3.63) is 41.7 Å². The standard InChI is InChI=1S/C16H22N2O2/c1-12-5-6-14(11-16(12)19)17-15-7-9-18(13(15)2)8-4-10-20-3/h5-7,9,11,17,19H,4,8,10H2,1-3H3. The van der Waals surface area contributed by atoms with Gasteiger partial charge in [0, 0.05) is 43.9 Å². The Labute approximate surface area is 120 Å². The summed E-state index contributed by atoms with van der Waals surface area (Å²) in [5.41, 5.74) is 4.02. The summed E-state index contributed by atoms with van der Waals surface area (Å²) in [7, 11) is 1.72. The predicted octanol–water partition coefficient (Wildman–Crippen LogP) is 3.59. The molecule has 2 rings (SSSR count). The third kappa shape index (κ3) is 3.33. The van der Waals surface area contributed by atoms with Gasteiger partial charge in [0.2, 0.25) is 0 Å². The summed E-state index contributed by atoms with van der Waals surface area (Å²) in [6.07, 6.45) is 3.07. The van der Waals surface area contributed by atoms with Crippen molar-refractivity contribution < 1.29 is 9.84 Å². The molecule has 1 aromatic heterocycles. The molecule has 4 nitrogen and oxygen atoms in total. The van der Waals surface area contributed by atoms with Gasteiger partial charge in [-0.05, 0) is 38.0 Å². The summed E-state index contributed by atoms with van der Waals surface area (Å²) < 4.78 is 7.28. The zero-order valence-corrected chi connectivity index (χ0v) is 12.3. The van der Waals surface area contributed by atoms with Gasteiger partial charge in [0.15, 0.2) is 0 Å². The number of nitrogens with one attached hydrogen (secondary N) is 1. The number of aryl methyl sites for hydroxylation is 2. The molecule has 0 bridgehead atoms. The SMILES string of the molecule is COCCCn1ccc(Nc2ccc(C)c(O)c2)c1C. The van der Waals surface area contributed by atoms with Crippen LogP contribution in [0.2, 0.25) is 0 Å². The highest BCUT2D eigenvalue weighted by atomic mass is 16.5. The van der Waals surface area contributed by atoms with Crippen LogP contribution in [0, 0.1) is 13.8 Å². The summed E-state index contributed by atoms with van der Waals surface area (Å²) in [5, 5.41) is 13.1. The fraction of sp³-hybridized carbons (Fsp3) is 0.375. The van der Waals surface area contributed by atoms with Crippen LogP contribution < -0.4 is 5.32 Å². The lowest BCUT2D eigenvalue weighted by molar-refractivity contribution is 0.190. The summed E-state index contributed by atoms with van der Waals surface area (Å²) in [4.78, 5) is 0. The van der Waals surface area contributed by atoms with Gasteiger partial charge >= 0.3 is 0 Å². The van der Waals surface area contributed by atoms with Crippen LogP contribution in [0.4, 0.5) is 11.4 Å². The highest BCUT2D eigenvalue weighted by Gasteiger charge is 2.06. The lowest BCUT2D eigenvalue weighted by atomic mass is 10.2. The van der Waals surface area contributed by atoms with E-state index in [4.69, 9.17) is 4.74 Å². The zero-order chi connectivity index (χ0) is 14.5. The Bertz CT molecular complexity index is 576. The molecule has 0 radical (unpaired) electrons. The lowest BCUT2D eigenvalue weighted by Gasteiger charge is -2.10. The number of aromatic hydroxyl groups is 1. The number of hydrogen-bond donors (Lipinski definition) is 2. The maximum absolute atomic E-state index is 9.74. The van der Waals surface area contributed by atoms with E-state index in [1.165, 1.54) is 5.69 Å². The number of methoxy groups -OCH3 is 1. The van der Waals surface area contributed by atoms with Gasteiger partial charge in [0.05, 0.1) is 5.69 Å². The van der Waals surface area contributed by atoms with Crippen LogP contribution in [-0.2, 0) is 11.3 Å². The molecule has 0 aliphatic heterocycles. The van der Waals surface area contributed by atoms with Crippen LogP contribution >= 0.6 is 0 Å². The van der Waals surface area contributed by atoms with Crippen molar-refractivity contribution in [3.63, 3.8) is 0 Å². The minimum Gasteiger partial charge on any atom is -0.508 e. The van der Waals surface area contributed by atoms with E-state index in [0.717, 1.165) is 36.5 Å². The number of ether oxygens (including phenoxy) is 1. The molecule has 0 saturated heterocycles. The average molecular weight is 274 g/mol. The number of phenols is 1. The number of anilines is 2. The van der Waals surface area contributed by atoms with Crippen LogP contribution in [0.3, 0.4) is 0 Å². The zero-order valence-electron chi connectivity index (χ0n) is 12.3. The second kappa shape index (κ2) is 6.48. The van der Waals surface area contributed by atoms with Crippen molar-refractivity contribution >= 4 is 11.4 Å². The van der Waals surface area contributed by atoms with Gasteiger partial charge in [-0.2, -0.15) is 0 Å². The Morgan fingerprint density at radius 1 is 1.25 bits per heavy atom. The first-order valence-corrected chi connectivity index (χ1v) is 6.83. The van der Waals surface area contributed by atoms with Crippen molar-refractivity contribution in [2.75, 3.05) is 19.0 Å². The van der Waals surface area contributed by atoms with Crippen LogP contribution in [0.25, 0.3) is 0 Å². The summed E-state index contributed by atoms with van der Waals surface area (Å²) in [5.74, 6) is 0.312. The maximum atomic E-state index is 9.74. The molecule has 108 valence electrons. The Morgan fingerprint density at radius 2 is 2.05 bits per heavy atom. The highest BCUT2D eigenvalue weighted by Crippen LogP contribution is 2.26. The molecule has 1 aromatic carbocycles. The molecule has 2 N–H and O–H groups in total. The molecular formula is C16H22N2O2. The predicted molar refractivity (Wildman–Crippen MR) is 81.8 cm³/mol. The number of rotatable bonds is 6. The lowest BCUT2D eigenvalue weighted by Crippen LogP contribution is -2.02. The largest absolute Gasteiger partial charge is 0.508 e. The van der Waals surface area contributed by atoms with E-state index in [1.807, 2.05) is 19.1 Å². The van der Waals surface area contributed by atoms with E-state index in [2.05, 4.69) is 29.1 Å².